The average molecular weight is 447 g/mol. The molecule has 31 heavy (non-hydrogen) atoms. The molecule has 0 spiro atoms. The Balaban J connectivity index is 1.95. The van der Waals surface area contributed by atoms with E-state index in [1.807, 2.05) is 44.4 Å². The summed E-state index contributed by atoms with van der Waals surface area (Å²) in [4.78, 5) is 32.1. The van der Waals surface area contributed by atoms with E-state index in [-0.39, 0.29) is 11.8 Å². The Morgan fingerprint density at radius 2 is 2.13 bits per heavy atom. The predicted octanol–water partition coefficient (Wildman–Crippen LogP) is 4.09. The molecule has 168 valence electrons. The standard InChI is InChI=1S/C23H30N2O5S/c1-6-18(23(27)29-12-14(2)3)25-19-11-16(7-8-20(19)30-15(4)22(25)26)17-13-31-21(24-17)9-10-28-5/h7-8,11,13-15,18H,6,9-10,12H2,1-5H3. The zero-order valence-electron chi connectivity index (χ0n) is 18.7. The summed E-state index contributed by atoms with van der Waals surface area (Å²) in [7, 11) is 1.67. The summed E-state index contributed by atoms with van der Waals surface area (Å²) in [6, 6.07) is 4.92. The number of ether oxygens (including phenoxy) is 3. The van der Waals surface area contributed by atoms with Gasteiger partial charge in [0.2, 0.25) is 0 Å². The molecule has 2 atom stereocenters. The molecule has 0 N–H and O–H groups in total. The Morgan fingerprint density at radius 1 is 1.35 bits per heavy atom. The highest BCUT2D eigenvalue weighted by atomic mass is 32.1. The summed E-state index contributed by atoms with van der Waals surface area (Å²) in [6.45, 7) is 8.46. The van der Waals surface area contributed by atoms with Crippen molar-refractivity contribution in [3.05, 3.63) is 28.6 Å². The molecular weight excluding hydrogens is 416 g/mol. The number of nitrogens with zero attached hydrogens (tertiary/aromatic N) is 2. The Bertz CT molecular complexity index is 926. The van der Waals surface area contributed by atoms with Gasteiger partial charge in [-0.2, -0.15) is 0 Å². The zero-order chi connectivity index (χ0) is 22.5. The van der Waals surface area contributed by atoms with Gasteiger partial charge in [0.15, 0.2) is 6.10 Å². The third-order valence-corrected chi connectivity index (χ3v) is 5.91. The van der Waals surface area contributed by atoms with Crippen LogP contribution in [-0.4, -0.2) is 49.3 Å². The number of esters is 1. The van der Waals surface area contributed by atoms with Crippen LogP contribution in [0.15, 0.2) is 23.6 Å². The van der Waals surface area contributed by atoms with Crippen LogP contribution in [0.1, 0.15) is 39.1 Å². The van der Waals surface area contributed by atoms with Gasteiger partial charge in [0.05, 0.1) is 29.6 Å². The van der Waals surface area contributed by atoms with Crippen molar-refractivity contribution < 1.29 is 23.8 Å². The van der Waals surface area contributed by atoms with Crippen molar-refractivity contribution in [2.24, 2.45) is 5.92 Å². The van der Waals surface area contributed by atoms with Crippen molar-refractivity contribution >= 4 is 28.9 Å². The Hall–Kier alpha value is -2.45. The van der Waals surface area contributed by atoms with E-state index in [9.17, 15) is 9.59 Å². The van der Waals surface area contributed by atoms with E-state index in [2.05, 4.69) is 4.98 Å². The van der Waals surface area contributed by atoms with Gasteiger partial charge in [0.25, 0.3) is 5.91 Å². The van der Waals surface area contributed by atoms with Crippen LogP contribution in [0.5, 0.6) is 5.75 Å². The van der Waals surface area contributed by atoms with Crippen molar-refractivity contribution in [1.82, 2.24) is 4.98 Å². The SMILES string of the molecule is CCC(C(=O)OCC(C)C)N1C(=O)C(C)Oc2ccc(-c3csc(CCOC)n3)cc21. The smallest absolute Gasteiger partial charge is 0.329 e. The minimum Gasteiger partial charge on any atom is -0.479 e. The molecule has 1 aromatic carbocycles. The number of amides is 1. The molecule has 2 heterocycles. The van der Waals surface area contributed by atoms with E-state index in [0.29, 0.717) is 31.1 Å². The second kappa shape index (κ2) is 10.2. The van der Waals surface area contributed by atoms with Crippen LogP contribution in [0.3, 0.4) is 0 Å². The van der Waals surface area contributed by atoms with E-state index >= 15 is 0 Å². The van der Waals surface area contributed by atoms with Gasteiger partial charge in [-0.05, 0) is 37.5 Å². The van der Waals surface area contributed by atoms with Crippen LogP contribution < -0.4 is 9.64 Å². The molecule has 7 nitrogen and oxygen atoms in total. The van der Waals surface area contributed by atoms with Gasteiger partial charge < -0.3 is 14.2 Å². The number of fused-ring (bicyclic) bond motifs is 1. The fourth-order valence-electron chi connectivity index (χ4n) is 3.39. The number of anilines is 1. The van der Waals surface area contributed by atoms with E-state index in [0.717, 1.165) is 22.7 Å². The number of aromatic nitrogens is 1. The maximum Gasteiger partial charge on any atom is 0.329 e. The monoisotopic (exact) mass is 446 g/mol. The highest BCUT2D eigenvalue weighted by Crippen LogP contribution is 2.39. The molecule has 0 saturated heterocycles. The number of benzene rings is 1. The average Bonchev–Trinajstić information content (AvgIpc) is 3.22. The molecule has 1 aliphatic rings. The van der Waals surface area contributed by atoms with Crippen molar-refractivity contribution in [3.8, 4) is 17.0 Å². The van der Waals surface area contributed by atoms with Crippen molar-refractivity contribution in [3.63, 3.8) is 0 Å². The molecule has 1 amide bonds. The Kier molecular flexibility index (Phi) is 7.67. The van der Waals surface area contributed by atoms with Crippen molar-refractivity contribution in [2.75, 3.05) is 25.2 Å². The van der Waals surface area contributed by atoms with Gasteiger partial charge in [-0.25, -0.2) is 9.78 Å². The van der Waals surface area contributed by atoms with Gasteiger partial charge in [0, 0.05) is 24.5 Å². The lowest BCUT2D eigenvalue weighted by molar-refractivity contribution is -0.148. The number of thiazole rings is 1. The highest BCUT2D eigenvalue weighted by Gasteiger charge is 2.39. The number of hydrogen-bond donors (Lipinski definition) is 0. The highest BCUT2D eigenvalue weighted by molar-refractivity contribution is 7.09. The van der Waals surface area contributed by atoms with Gasteiger partial charge >= 0.3 is 5.97 Å². The first-order valence-electron chi connectivity index (χ1n) is 10.6. The molecular formula is C23H30N2O5S. The number of rotatable bonds is 9. The molecule has 3 rings (SSSR count). The summed E-state index contributed by atoms with van der Waals surface area (Å²) in [6.07, 6.45) is 0.513. The molecule has 1 aromatic heterocycles. The Labute approximate surface area is 187 Å². The van der Waals surface area contributed by atoms with E-state index < -0.39 is 18.1 Å². The summed E-state index contributed by atoms with van der Waals surface area (Å²) in [5, 5.41) is 2.97. The van der Waals surface area contributed by atoms with Crippen LogP contribution in [0, 0.1) is 5.92 Å². The topological polar surface area (TPSA) is 78.0 Å². The molecule has 8 heteroatoms. The van der Waals surface area contributed by atoms with Gasteiger partial charge in [-0.1, -0.05) is 20.8 Å². The number of carbonyl (C=O) groups is 2. The lowest BCUT2D eigenvalue weighted by Crippen LogP contribution is -2.53. The first kappa shape index (κ1) is 23.2. The number of methoxy groups -OCH3 is 1. The fourth-order valence-corrected chi connectivity index (χ4v) is 4.18. The Morgan fingerprint density at radius 3 is 2.81 bits per heavy atom. The predicted molar refractivity (Wildman–Crippen MR) is 121 cm³/mol. The third-order valence-electron chi connectivity index (χ3n) is 5.00. The van der Waals surface area contributed by atoms with Crippen molar-refractivity contribution in [1.29, 1.82) is 0 Å². The molecule has 0 bridgehead atoms. The minimum absolute atomic E-state index is 0.219. The van der Waals surface area contributed by atoms with E-state index in [4.69, 9.17) is 14.2 Å². The second-order valence-electron chi connectivity index (χ2n) is 7.97. The molecule has 0 saturated carbocycles. The first-order chi connectivity index (χ1) is 14.8. The van der Waals surface area contributed by atoms with Crippen LogP contribution >= 0.6 is 11.3 Å². The molecule has 1 aliphatic heterocycles. The van der Waals surface area contributed by atoms with Crippen LogP contribution in [0.25, 0.3) is 11.3 Å². The maximum absolute atomic E-state index is 13.1. The van der Waals surface area contributed by atoms with Crippen LogP contribution in [0.4, 0.5) is 5.69 Å². The summed E-state index contributed by atoms with van der Waals surface area (Å²) < 4.78 is 16.4. The largest absolute Gasteiger partial charge is 0.479 e. The van der Waals surface area contributed by atoms with Crippen LogP contribution in [0.2, 0.25) is 0 Å². The lowest BCUT2D eigenvalue weighted by atomic mass is 10.0. The first-order valence-corrected chi connectivity index (χ1v) is 11.5. The summed E-state index contributed by atoms with van der Waals surface area (Å²) >= 11 is 1.57. The third kappa shape index (κ3) is 5.25. The molecule has 0 fully saturated rings. The minimum atomic E-state index is -0.709. The second-order valence-corrected chi connectivity index (χ2v) is 8.91. The van der Waals surface area contributed by atoms with Crippen LogP contribution in [-0.2, 0) is 25.5 Å². The zero-order valence-corrected chi connectivity index (χ0v) is 19.5. The lowest BCUT2D eigenvalue weighted by Gasteiger charge is -2.37. The van der Waals surface area contributed by atoms with Gasteiger partial charge in [-0.15, -0.1) is 11.3 Å². The van der Waals surface area contributed by atoms with Gasteiger partial charge in [-0.3, -0.25) is 9.69 Å². The summed E-state index contributed by atoms with van der Waals surface area (Å²) in [5.41, 5.74) is 2.25. The van der Waals surface area contributed by atoms with E-state index in [1.54, 1.807) is 25.4 Å². The maximum atomic E-state index is 13.1. The fraction of sp³-hybridized carbons (Fsp3) is 0.522. The van der Waals surface area contributed by atoms with Crippen molar-refractivity contribution in [2.45, 2.75) is 52.7 Å². The van der Waals surface area contributed by atoms with E-state index in [1.165, 1.54) is 4.90 Å². The normalized spacial score (nSPS) is 16.8. The molecule has 0 aliphatic carbocycles. The summed E-state index contributed by atoms with van der Waals surface area (Å²) in [5.74, 6) is 0.139. The number of carbonyl (C=O) groups excluding carboxylic acids is 2. The molecule has 0 radical (unpaired) electrons. The molecule has 2 unspecified atom stereocenters. The number of hydrogen-bond acceptors (Lipinski definition) is 7. The van der Waals surface area contributed by atoms with Gasteiger partial charge in [0.1, 0.15) is 11.8 Å². The quantitative estimate of drug-likeness (QED) is 0.540. The molecule has 2 aromatic rings.